The van der Waals surface area contributed by atoms with Crippen molar-refractivity contribution in [1.29, 1.82) is 0 Å². The highest BCUT2D eigenvalue weighted by Crippen LogP contribution is 2.21. The summed E-state index contributed by atoms with van der Waals surface area (Å²) >= 11 is 0. The minimum Gasteiger partial charge on any atom is -0.489 e. The molecule has 1 N–H and O–H groups in total. The van der Waals surface area contributed by atoms with Gasteiger partial charge in [-0.05, 0) is 42.8 Å². The summed E-state index contributed by atoms with van der Waals surface area (Å²) in [6, 6.07) is 22.6. The Kier molecular flexibility index (Phi) is 5.12. The van der Waals surface area contributed by atoms with Gasteiger partial charge < -0.3 is 10.1 Å². The maximum absolute atomic E-state index is 13.2. The van der Waals surface area contributed by atoms with Crippen LogP contribution in [0.1, 0.15) is 16.7 Å². The van der Waals surface area contributed by atoms with Gasteiger partial charge >= 0.3 is 0 Å². The van der Waals surface area contributed by atoms with Crippen LogP contribution in [-0.2, 0) is 13.2 Å². The number of nitrogens with one attached hydrogen (secondary N) is 1. The monoisotopic (exact) mass is 321 g/mol. The van der Waals surface area contributed by atoms with Gasteiger partial charge in [0, 0.05) is 17.8 Å². The van der Waals surface area contributed by atoms with Crippen molar-refractivity contribution >= 4 is 5.69 Å². The molecule has 0 bridgehead atoms. The molecule has 0 aliphatic carbocycles. The largest absolute Gasteiger partial charge is 0.489 e. The molecule has 0 atom stereocenters. The molecule has 0 aromatic heterocycles. The number of benzene rings is 3. The first-order valence-electron chi connectivity index (χ1n) is 7.96. The molecule has 3 rings (SSSR count). The molecule has 0 aliphatic heterocycles. The zero-order chi connectivity index (χ0) is 16.8. The molecule has 0 aliphatic rings. The molecule has 0 saturated carbocycles. The summed E-state index contributed by atoms with van der Waals surface area (Å²) < 4.78 is 19.1. The lowest BCUT2D eigenvalue weighted by molar-refractivity contribution is 0.302. The van der Waals surface area contributed by atoms with E-state index in [1.165, 1.54) is 17.7 Å². The molecule has 3 heteroatoms. The molecule has 3 aromatic rings. The maximum atomic E-state index is 13.2. The van der Waals surface area contributed by atoms with Crippen LogP contribution >= 0.6 is 0 Å². The van der Waals surface area contributed by atoms with Gasteiger partial charge in [-0.3, -0.25) is 0 Å². The molecule has 0 heterocycles. The van der Waals surface area contributed by atoms with Crippen molar-refractivity contribution in [3.8, 4) is 5.75 Å². The van der Waals surface area contributed by atoms with E-state index in [-0.39, 0.29) is 5.82 Å². The van der Waals surface area contributed by atoms with Gasteiger partial charge in [0.05, 0.1) is 0 Å². The van der Waals surface area contributed by atoms with Crippen molar-refractivity contribution in [2.45, 2.75) is 20.1 Å². The number of anilines is 1. The zero-order valence-corrected chi connectivity index (χ0v) is 13.6. The lowest BCUT2D eigenvalue weighted by Gasteiger charge is -2.13. The Bertz CT molecular complexity index is 799. The number of halogens is 1. The minimum atomic E-state index is -0.245. The molecule has 0 unspecified atom stereocenters. The van der Waals surface area contributed by atoms with Crippen molar-refractivity contribution < 1.29 is 9.13 Å². The minimum absolute atomic E-state index is 0.245. The Morgan fingerprint density at radius 2 is 1.71 bits per heavy atom. The summed E-state index contributed by atoms with van der Waals surface area (Å²) in [6.45, 7) is 3.08. The van der Waals surface area contributed by atoms with E-state index in [9.17, 15) is 4.39 Å². The fourth-order valence-corrected chi connectivity index (χ4v) is 2.45. The summed E-state index contributed by atoms with van der Waals surface area (Å²) in [5, 5.41) is 3.40. The molecule has 24 heavy (non-hydrogen) atoms. The molecule has 2 nitrogen and oxygen atoms in total. The van der Waals surface area contributed by atoms with Crippen LogP contribution in [0.3, 0.4) is 0 Å². The third-order valence-corrected chi connectivity index (χ3v) is 3.79. The predicted octanol–water partition coefficient (Wildman–Crippen LogP) is 5.33. The third-order valence-electron chi connectivity index (χ3n) is 3.79. The van der Waals surface area contributed by atoms with Gasteiger partial charge in [0.15, 0.2) is 0 Å². The van der Waals surface area contributed by atoms with Crippen molar-refractivity contribution in [2.24, 2.45) is 0 Å². The van der Waals surface area contributed by atoms with Crippen LogP contribution in [0, 0.1) is 12.7 Å². The van der Waals surface area contributed by atoms with Gasteiger partial charge in [-0.1, -0.05) is 48.0 Å². The Labute approximate surface area is 141 Å². The molecule has 0 saturated heterocycles. The second kappa shape index (κ2) is 7.64. The second-order valence-corrected chi connectivity index (χ2v) is 5.75. The van der Waals surface area contributed by atoms with Crippen molar-refractivity contribution in [3.05, 3.63) is 95.3 Å². The van der Waals surface area contributed by atoms with E-state index in [4.69, 9.17) is 4.74 Å². The molecular formula is C21H20FNO. The summed E-state index contributed by atoms with van der Waals surface area (Å²) in [5.74, 6) is 0.562. The standard InChI is InChI=1S/C21H20FNO/c1-16-9-11-20(12-10-16)23-14-18-6-2-3-8-21(18)24-15-17-5-4-7-19(22)13-17/h2-13,23H,14-15H2,1H3. The van der Waals surface area contributed by atoms with Gasteiger partial charge in [0.25, 0.3) is 0 Å². The molecule has 3 aromatic carbocycles. The van der Waals surface area contributed by atoms with Gasteiger partial charge in [-0.2, -0.15) is 0 Å². The fourth-order valence-electron chi connectivity index (χ4n) is 2.45. The number of aryl methyl sites for hydroxylation is 1. The van der Waals surface area contributed by atoms with Crippen LogP contribution < -0.4 is 10.1 Å². The summed E-state index contributed by atoms with van der Waals surface area (Å²) in [5.41, 5.74) is 4.19. The number of para-hydroxylation sites is 1. The van der Waals surface area contributed by atoms with Crippen molar-refractivity contribution in [1.82, 2.24) is 0 Å². The van der Waals surface area contributed by atoms with E-state index in [0.717, 1.165) is 22.6 Å². The summed E-state index contributed by atoms with van der Waals surface area (Å²) in [4.78, 5) is 0. The van der Waals surface area contributed by atoms with Gasteiger partial charge in [0.1, 0.15) is 18.2 Å². The highest BCUT2D eigenvalue weighted by molar-refractivity contribution is 5.46. The number of hydrogen-bond acceptors (Lipinski definition) is 2. The maximum Gasteiger partial charge on any atom is 0.124 e. The molecule has 0 radical (unpaired) electrons. The Morgan fingerprint density at radius 3 is 2.50 bits per heavy atom. The lowest BCUT2D eigenvalue weighted by atomic mass is 10.2. The Morgan fingerprint density at radius 1 is 0.917 bits per heavy atom. The molecule has 0 amide bonds. The van der Waals surface area contributed by atoms with Crippen molar-refractivity contribution in [3.63, 3.8) is 0 Å². The lowest BCUT2D eigenvalue weighted by Crippen LogP contribution is -2.03. The van der Waals surface area contributed by atoms with Crippen LogP contribution in [0.5, 0.6) is 5.75 Å². The normalized spacial score (nSPS) is 10.4. The van der Waals surface area contributed by atoms with E-state index in [2.05, 4.69) is 36.5 Å². The van der Waals surface area contributed by atoms with Crippen LogP contribution in [0.2, 0.25) is 0 Å². The average molecular weight is 321 g/mol. The van der Waals surface area contributed by atoms with E-state index in [0.29, 0.717) is 13.2 Å². The fraction of sp³-hybridized carbons (Fsp3) is 0.143. The first-order chi connectivity index (χ1) is 11.7. The van der Waals surface area contributed by atoms with E-state index >= 15 is 0 Å². The number of rotatable bonds is 6. The van der Waals surface area contributed by atoms with Crippen LogP contribution in [0.15, 0.2) is 72.8 Å². The summed E-state index contributed by atoms with van der Waals surface area (Å²) in [7, 11) is 0. The highest BCUT2D eigenvalue weighted by atomic mass is 19.1. The van der Waals surface area contributed by atoms with Crippen LogP contribution in [0.25, 0.3) is 0 Å². The zero-order valence-electron chi connectivity index (χ0n) is 13.6. The highest BCUT2D eigenvalue weighted by Gasteiger charge is 2.04. The Balaban J connectivity index is 1.65. The third kappa shape index (κ3) is 4.35. The van der Waals surface area contributed by atoms with Gasteiger partial charge in [-0.25, -0.2) is 4.39 Å². The van der Waals surface area contributed by atoms with Crippen molar-refractivity contribution in [2.75, 3.05) is 5.32 Å². The van der Waals surface area contributed by atoms with Gasteiger partial charge in [-0.15, -0.1) is 0 Å². The first kappa shape index (κ1) is 16.1. The van der Waals surface area contributed by atoms with Gasteiger partial charge in [0.2, 0.25) is 0 Å². The van der Waals surface area contributed by atoms with E-state index < -0.39 is 0 Å². The average Bonchev–Trinajstić information content (AvgIpc) is 2.60. The van der Waals surface area contributed by atoms with E-state index in [1.54, 1.807) is 6.07 Å². The molecule has 0 spiro atoms. The smallest absolute Gasteiger partial charge is 0.124 e. The quantitative estimate of drug-likeness (QED) is 0.663. The van der Waals surface area contributed by atoms with E-state index in [1.807, 2.05) is 30.3 Å². The SMILES string of the molecule is Cc1ccc(NCc2ccccc2OCc2cccc(F)c2)cc1. The number of hydrogen-bond donors (Lipinski definition) is 1. The summed E-state index contributed by atoms with van der Waals surface area (Å²) in [6.07, 6.45) is 0. The Hall–Kier alpha value is -2.81. The first-order valence-corrected chi connectivity index (χ1v) is 7.96. The van der Waals surface area contributed by atoms with Crippen LogP contribution in [0.4, 0.5) is 10.1 Å². The molecular weight excluding hydrogens is 301 g/mol. The van der Waals surface area contributed by atoms with Crippen LogP contribution in [-0.4, -0.2) is 0 Å². The predicted molar refractivity (Wildman–Crippen MR) is 95.7 cm³/mol. The number of ether oxygens (including phenoxy) is 1. The molecule has 0 fully saturated rings. The molecule has 122 valence electrons. The second-order valence-electron chi connectivity index (χ2n) is 5.75. The topological polar surface area (TPSA) is 21.3 Å².